The van der Waals surface area contributed by atoms with Crippen molar-refractivity contribution in [3.63, 3.8) is 0 Å². The lowest BCUT2D eigenvalue weighted by atomic mass is 10.1. The number of aliphatic hydroxyl groups excluding tert-OH is 1. The molecule has 10 nitrogen and oxygen atoms in total. The summed E-state index contributed by atoms with van der Waals surface area (Å²) in [5.74, 6) is 1.47. The average Bonchev–Trinajstić information content (AvgIpc) is 3.18. The summed E-state index contributed by atoms with van der Waals surface area (Å²) in [6, 6.07) is 5.02. The Balaban J connectivity index is 1.67. The number of ether oxygens (including phenoxy) is 1. The molecule has 0 atom stereocenters. The second kappa shape index (κ2) is 11.2. The first-order chi connectivity index (χ1) is 17.2. The highest BCUT2D eigenvalue weighted by Gasteiger charge is 2.31. The molecule has 0 saturated carbocycles. The Morgan fingerprint density at radius 1 is 1.19 bits per heavy atom. The van der Waals surface area contributed by atoms with Crippen LogP contribution in [0.15, 0.2) is 51.4 Å². The number of hydrazine groups is 1. The van der Waals surface area contributed by atoms with E-state index < -0.39 is 10.0 Å². The average molecular weight is 519 g/mol. The van der Waals surface area contributed by atoms with Crippen LogP contribution in [0.2, 0.25) is 0 Å². The number of likely N-dealkylation sites (N-methyl/N-ethyl adjacent to an activating group) is 1. The first kappa shape index (κ1) is 26.5. The fourth-order valence-electron chi connectivity index (χ4n) is 4.50. The van der Waals surface area contributed by atoms with Crippen molar-refractivity contribution in [1.82, 2.24) is 25.0 Å². The lowest BCUT2D eigenvalue weighted by molar-refractivity contribution is 0.151. The van der Waals surface area contributed by atoms with E-state index in [-0.39, 0.29) is 11.5 Å². The summed E-state index contributed by atoms with van der Waals surface area (Å²) in [6.07, 6.45) is 3.67. The van der Waals surface area contributed by atoms with E-state index in [9.17, 15) is 13.5 Å². The molecule has 0 amide bonds. The van der Waals surface area contributed by atoms with Crippen molar-refractivity contribution in [1.29, 1.82) is 0 Å². The molecular weight excluding hydrogens is 480 g/mol. The van der Waals surface area contributed by atoms with Gasteiger partial charge < -0.3 is 20.6 Å². The van der Waals surface area contributed by atoms with Crippen LogP contribution < -0.4 is 15.5 Å². The van der Waals surface area contributed by atoms with Crippen LogP contribution in [0.25, 0.3) is 0 Å². The highest BCUT2D eigenvalue weighted by atomic mass is 32.2. The molecule has 3 heterocycles. The van der Waals surface area contributed by atoms with Crippen LogP contribution in [-0.4, -0.2) is 86.6 Å². The molecule has 1 aromatic carbocycles. The number of aliphatic imine (C=N–C) groups is 1. The number of fused-ring (bicyclic) bond motifs is 1. The lowest BCUT2D eigenvalue weighted by Crippen LogP contribution is -2.49. The van der Waals surface area contributed by atoms with E-state index in [1.54, 1.807) is 24.4 Å². The minimum absolute atomic E-state index is 0.0704. The SMILES string of the molecule is CCCC1=C2NC(c3cc(S(=O)(=O)N4CCN(CCO)CC4)ccc3OCC(C)C)=NC=C2N(C)N1. The van der Waals surface area contributed by atoms with Crippen molar-refractivity contribution in [3.8, 4) is 5.75 Å². The van der Waals surface area contributed by atoms with E-state index in [0.29, 0.717) is 62.4 Å². The van der Waals surface area contributed by atoms with Gasteiger partial charge in [-0.25, -0.2) is 13.4 Å². The van der Waals surface area contributed by atoms with E-state index in [1.807, 2.05) is 12.1 Å². The van der Waals surface area contributed by atoms with Crippen molar-refractivity contribution in [2.45, 2.75) is 38.5 Å². The summed E-state index contributed by atoms with van der Waals surface area (Å²) in [7, 11) is -1.75. The summed E-state index contributed by atoms with van der Waals surface area (Å²) < 4.78 is 34.7. The maximum Gasteiger partial charge on any atom is 0.243 e. The summed E-state index contributed by atoms with van der Waals surface area (Å²) in [6.45, 7) is 9.38. The fourth-order valence-corrected chi connectivity index (χ4v) is 5.95. The Hall–Kier alpha value is -2.60. The van der Waals surface area contributed by atoms with Crippen molar-refractivity contribution < 1.29 is 18.3 Å². The first-order valence-corrected chi connectivity index (χ1v) is 14.1. The van der Waals surface area contributed by atoms with Gasteiger partial charge in [0.05, 0.1) is 41.3 Å². The van der Waals surface area contributed by atoms with Gasteiger partial charge in [-0.1, -0.05) is 27.2 Å². The molecule has 1 saturated heterocycles. The largest absolute Gasteiger partial charge is 0.493 e. The van der Waals surface area contributed by atoms with Crippen molar-refractivity contribution in [3.05, 3.63) is 47.1 Å². The topological polar surface area (TPSA) is 110 Å². The third kappa shape index (κ3) is 5.54. The molecule has 36 heavy (non-hydrogen) atoms. The summed E-state index contributed by atoms with van der Waals surface area (Å²) in [5, 5.41) is 14.6. The van der Waals surface area contributed by atoms with Gasteiger partial charge >= 0.3 is 0 Å². The van der Waals surface area contributed by atoms with E-state index in [1.165, 1.54) is 4.31 Å². The maximum absolute atomic E-state index is 13.5. The van der Waals surface area contributed by atoms with Gasteiger partial charge in [0.25, 0.3) is 0 Å². The summed E-state index contributed by atoms with van der Waals surface area (Å²) in [4.78, 5) is 6.94. The number of hydrogen-bond donors (Lipinski definition) is 3. The number of benzene rings is 1. The molecule has 1 aromatic rings. The normalized spacial score (nSPS) is 19.1. The fraction of sp³-hybridized carbons (Fsp3) is 0.560. The van der Waals surface area contributed by atoms with Gasteiger partial charge in [0.15, 0.2) is 0 Å². The van der Waals surface area contributed by atoms with E-state index in [0.717, 1.165) is 29.9 Å². The number of β-amino-alcohol motifs (C(OH)–C–C–N with tert-alkyl or cyclic N) is 1. The Kier molecular flexibility index (Phi) is 8.23. The molecule has 0 aromatic heterocycles. The number of nitrogens with zero attached hydrogens (tertiary/aromatic N) is 4. The van der Waals surface area contributed by atoms with Gasteiger partial charge in [-0.2, -0.15) is 4.31 Å². The molecule has 3 aliphatic rings. The van der Waals surface area contributed by atoms with Crippen LogP contribution in [0, 0.1) is 5.92 Å². The molecule has 11 heteroatoms. The number of sulfonamides is 1. The monoisotopic (exact) mass is 518 g/mol. The zero-order valence-electron chi connectivity index (χ0n) is 21.6. The number of allylic oxidation sites excluding steroid dienone is 1. The van der Waals surface area contributed by atoms with Crippen LogP contribution in [-0.2, 0) is 10.0 Å². The second-order valence-corrected chi connectivity index (χ2v) is 11.7. The Bertz CT molecular complexity index is 1150. The highest BCUT2D eigenvalue weighted by Crippen LogP contribution is 2.31. The third-order valence-corrected chi connectivity index (χ3v) is 8.34. The number of nitrogens with one attached hydrogen (secondary N) is 2. The maximum atomic E-state index is 13.5. The molecule has 0 aliphatic carbocycles. The molecule has 0 unspecified atom stereocenters. The van der Waals surface area contributed by atoms with Gasteiger partial charge in [0, 0.05) is 39.8 Å². The summed E-state index contributed by atoms with van der Waals surface area (Å²) in [5.41, 5.74) is 6.95. The van der Waals surface area contributed by atoms with Crippen molar-refractivity contribution in [2.24, 2.45) is 10.9 Å². The number of amidine groups is 1. The molecule has 0 spiro atoms. The molecule has 3 N–H and O–H groups in total. The molecular formula is C25H38N6O4S. The molecule has 0 radical (unpaired) electrons. The van der Waals surface area contributed by atoms with Crippen molar-refractivity contribution in [2.75, 3.05) is 53.0 Å². The van der Waals surface area contributed by atoms with Crippen LogP contribution in [0.1, 0.15) is 39.2 Å². The van der Waals surface area contributed by atoms with Crippen LogP contribution in [0.4, 0.5) is 0 Å². The summed E-state index contributed by atoms with van der Waals surface area (Å²) >= 11 is 0. The van der Waals surface area contributed by atoms with Gasteiger partial charge in [-0.05, 0) is 30.5 Å². The van der Waals surface area contributed by atoms with E-state index in [4.69, 9.17) is 4.74 Å². The number of piperazine rings is 1. The number of hydrogen-bond acceptors (Lipinski definition) is 9. The molecule has 198 valence electrons. The predicted octanol–water partition coefficient (Wildman–Crippen LogP) is 1.67. The van der Waals surface area contributed by atoms with Crippen molar-refractivity contribution >= 4 is 15.9 Å². The zero-order valence-corrected chi connectivity index (χ0v) is 22.4. The lowest BCUT2D eigenvalue weighted by Gasteiger charge is -2.33. The molecule has 4 rings (SSSR count). The first-order valence-electron chi connectivity index (χ1n) is 12.6. The number of aliphatic hydroxyl groups is 1. The Morgan fingerprint density at radius 2 is 1.94 bits per heavy atom. The van der Waals surface area contributed by atoms with Gasteiger partial charge in [0.2, 0.25) is 10.0 Å². The minimum atomic E-state index is -3.70. The highest BCUT2D eigenvalue weighted by molar-refractivity contribution is 7.89. The zero-order chi connectivity index (χ0) is 25.9. The quantitative estimate of drug-likeness (QED) is 0.429. The standard InChI is InChI=1S/C25H38N6O4S/c1-5-6-21-24-22(29(4)28-21)16-26-25(27-24)20-15-19(7-8-23(20)35-17-18(2)3)36(33,34)31-11-9-30(10-12-31)13-14-32/h7-8,15-16,18,28,32H,5-6,9-14,17H2,1-4H3,(H,26,27). The Morgan fingerprint density at radius 3 is 2.61 bits per heavy atom. The van der Waals surface area contributed by atoms with Gasteiger partial charge in [-0.3, -0.25) is 9.91 Å². The molecule has 0 bridgehead atoms. The molecule has 3 aliphatic heterocycles. The molecule has 1 fully saturated rings. The smallest absolute Gasteiger partial charge is 0.243 e. The third-order valence-electron chi connectivity index (χ3n) is 6.44. The van der Waals surface area contributed by atoms with E-state index >= 15 is 0 Å². The van der Waals surface area contributed by atoms with Crippen LogP contribution in [0.3, 0.4) is 0 Å². The Labute approximate surface area is 214 Å². The number of rotatable bonds is 10. The second-order valence-electron chi connectivity index (χ2n) is 9.72. The van der Waals surface area contributed by atoms with Crippen LogP contribution >= 0.6 is 0 Å². The predicted molar refractivity (Wildman–Crippen MR) is 140 cm³/mol. The minimum Gasteiger partial charge on any atom is -0.493 e. The van der Waals surface area contributed by atoms with Gasteiger partial charge in [-0.15, -0.1) is 0 Å². The van der Waals surface area contributed by atoms with E-state index in [2.05, 4.69) is 41.4 Å². The van der Waals surface area contributed by atoms with Crippen LogP contribution in [0.5, 0.6) is 5.75 Å². The van der Waals surface area contributed by atoms with Gasteiger partial charge in [0.1, 0.15) is 17.3 Å².